The minimum atomic E-state index is 1.15. The van der Waals surface area contributed by atoms with Crippen molar-refractivity contribution in [3.63, 3.8) is 0 Å². The second kappa shape index (κ2) is 12.9. The van der Waals surface area contributed by atoms with E-state index in [4.69, 9.17) is 0 Å². The molecule has 0 aliphatic rings. The lowest BCUT2D eigenvalue weighted by Gasteiger charge is -2.12. The molecule has 58 heavy (non-hydrogen) atoms. The lowest BCUT2D eigenvalue weighted by Crippen LogP contribution is -1.95. The molecule has 12 rings (SSSR count). The fourth-order valence-corrected chi connectivity index (χ4v) is 10.8. The van der Waals surface area contributed by atoms with Gasteiger partial charge in [-0.15, -0.1) is 11.3 Å². The third-order valence-electron chi connectivity index (χ3n) is 12.0. The monoisotopic (exact) mass is 756 g/mol. The van der Waals surface area contributed by atoms with Crippen molar-refractivity contribution in [1.29, 1.82) is 0 Å². The van der Waals surface area contributed by atoms with Gasteiger partial charge < -0.3 is 9.13 Å². The Morgan fingerprint density at radius 2 is 0.845 bits per heavy atom. The highest BCUT2D eigenvalue weighted by Gasteiger charge is 2.21. The Kier molecular flexibility index (Phi) is 7.35. The van der Waals surface area contributed by atoms with E-state index < -0.39 is 0 Å². The summed E-state index contributed by atoms with van der Waals surface area (Å²) in [5.74, 6) is 0. The van der Waals surface area contributed by atoms with E-state index in [-0.39, 0.29) is 0 Å². The Morgan fingerprint density at radius 1 is 0.328 bits per heavy atom. The van der Waals surface area contributed by atoms with Crippen LogP contribution in [-0.4, -0.2) is 9.13 Å². The molecule has 0 radical (unpaired) electrons. The van der Waals surface area contributed by atoms with Crippen molar-refractivity contribution in [3.8, 4) is 44.8 Å². The highest BCUT2D eigenvalue weighted by molar-refractivity contribution is 7.26. The molecule has 3 heterocycles. The molecule has 0 unspecified atom stereocenters. The number of aryl methyl sites for hydroxylation is 1. The van der Waals surface area contributed by atoms with Crippen molar-refractivity contribution in [3.05, 3.63) is 206 Å². The fraction of sp³-hybridized carbons (Fsp3) is 0.0182. The third kappa shape index (κ3) is 4.97. The number of hydrogen-bond donors (Lipinski definition) is 0. The first-order chi connectivity index (χ1) is 28.7. The predicted molar refractivity (Wildman–Crippen MR) is 249 cm³/mol. The van der Waals surface area contributed by atoms with E-state index in [1.807, 2.05) is 11.3 Å². The summed E-state index contributed by atoms with van der Waals surface area (Å²) < 4.78 is 7.56. The maximum Gasteiger partial charge on any atom is 0.0548 e. The number of para-hydroxylation sites is 2. The Balaban J connectivity index is 1.05. The number of rotatable bonds is 5. The zero-order valence-electron chi connectivity index (χ0n) is 31.9. The van der Waals surface area contributed by atoms with Crippen LogP contribution >= 0.6 is 11.3 Å². The second-order valence-electron chi connectivity index (χ2n) is 15.4. The summed E-state index contributed by atoms with van der Waals surface area (Å²) in [5.41, 5.74) is 15.9. The molecule has 0 atom stereocenters. The van der Waals surface area contributed by atoms with Gasteiger partial charge in [-0.3, -0.25) is 0 Å². The van der Waals surface area contributed by atoms with E-state index in [0.29, 0.717) is 0 Å². The van der Waals surface area contributed by atoms with Gasteiger partial charge in [0.2, 0.25) is 0 Å². The molecule has 0 fully saturated rings. The molecule has 2 nitrogen and oxygen atoms in total. The Bertz CT molecular complexity index is 3560. The van der Waals surface area contributed by atoms with Crippen LogP contribution in [0.25, 0.3) is 109 Å². The molecule has 0 aliphatic carbocycles. The van der Waals surface area contributed by atoms with Crippen molar-refractivity contribution in [1.82, 2.24) is 9.13 Å². The molecule has 0 bridgehead atoms. The largest absolute Gasteiger partial charge is 0.309 e. The van der Waals surface area contributed by atoms with Crippen LogP contribution in [0.1, 0.15) is 5.56 Å². The van der Waals surface area contributed by atoms with Gasteiger partial charge in [-0.05, 0) is 88.8 Å². The van der Waals surface area contributed by atoms with Gasteiger partial charge in [0.15, 0.2) is 0 Å². The molecule has 12 aromatic rings. The van der Waals surface area contributed by atoms with E-state index in [0.717, 1.165) is 11.4 Å². The number of hydrogen-bond acceptors (Lipinski definition) is 1. The first-order valence-corrected chi connectivity index (χ1v) is 20.7. The zero-order valence-corrected chi connectivity index (χ0v) is 32.7. The van der Waals surface area contributed by atoms with Gasteiger partial charge in [-0.25, -0.2) is 0 Å². The smallest absolute Gasteiger partial charge is 0.0548 e. The summed E-state index contributed by atoms with van der Waals surface area (Å²) in [7, 11) is 0. The lowest BCUT2D eigenvalue weighted by molar-refractivity contribution is 1.17. The maximum atomic E-state index is 2.47. The average molecular weight is 757 g/mol. The van der Waals surface area contributed by atoms with Crippen LogP contribution in [0, 0.1) is 6.92 Å². The van der Waals surface area contributed by atoms with Gasteiger partial charge in [-0.2, -0.15) is 0 Å². The third-order valence-corrected chi connectivity index (χ3v) is 13.3. The average Bonchev–Trinajstić information content (AvgIpc) is 3.95. The van der Waals surface area contributed by atoms with Crippen LogP contribution in [0.15, 0.2) is 200 Å². The highest BCUT2D eigenvalue weighted by atomic mass is 32.1. The number of benzene rings is 9. The molecule has 0 spiro atoms. The Labute approximate surface area is 340 Å². The molecule has 0 N–H and O–H groups in total. The minimum absolute atomic E-state index is 1.15. The number of fused-ring (bicyclic) bond motifs is 10. The van der Waals surface area contributed by atoms with Crippen LogP contribution in [0.4, 0.5) is 0 Å². The van der Waals surface area contributed by atoms with E-state index in [1.54, 1.807) is 0 Å². The standard InChI is InChI=1S/C55H36N2S/c1-35-13-9-16-38(33-35)36-27-29-40(30-28-36)56-48-25-7-5-19-46(48)52-50(56)31-32-51-53(52)47-20-6-8-26-49(47)57(51)41-18-10-17-39(34-41)43-22-12-24-45-44-23-11-21-42(54(44)58-55(43)45)37-14-3-2-4-15-37/h2-34H,1H3. The quantitative estimate of drug-likeness (QED) is 0.166. The Hall–Kier alpha value is -7.20. The predicted octanol–water partition coefficient (Wildman–Crippen LogP) is 15.6. The normalized spacial score (nSPS) is 11.9. The zero-order chi connectivity index (χ0) is 38.3. The Morgan fingerprint density at radius 3 is 1.50 bits per heavy atom. The molecule has 272 valence electrons. The minimum Gasteiger partial charge on any atom is -0.309 e. The van der Waals surface area contributed by atoms with Crippen LogP contribution in [0.2, 0.25) is 0 Å². The summed E-state index contributed by atoms with van der Waals surface area (Å²) in [4.78, 5) is 0. The number of nitrogens with zero attached hydrogens (tertiary/aromatic N) is 2. The second-order valence-corrected chi connectivity index (χ2v) is 16.4. The van der Waals surface area contributed by atoms with Crippen molar-refractivity contribution in [2.24, 2.45) is 0 Å². The maximum absolute atomic E-state index is 2.47. The van der Waals surface area contributed by atoms with E-state index in [9.17, 15) is 0 Å². The SMILES string of the molecule is Cc1cccc(-c2ccc(-n3c4ccccc4c4c5c6ccccc6n(-c6cccc(-c7cccc8c7sc7c(-c9ccccc9)cccc78)c6)c5ccc43)cc2)c1. The van der Waals surface area contributed by atoms with Crippen LogP contribution < -0.4 is 0 Å². The van der Waals surface area contributed by atoms with Gasteiger partial charge in [0.1, 0.15) is 0 Å². The van der Waals surface area contributed by atoms with E-state index in [2.05, 4.69) is 216 Å². The summed E-state index contributed by atoms with van der Waals surface area (Å²) >= 11 is 1.91. The fourth-order valence-electron chi connectivity index (χ4n) is 9.41. The molecule has 0 aliphatic heterocycles. The van der Waals surface area contributed by atoms with E-state index >= 15 is 0 Å². The highest BCUT2D eigenvalue weighted by Crippen LogP contribution is 2.46. The van der Waals surface area contributed by atoms with Crippen molar-refractivity contribution >= 4 is 75.1 Å². The van der Waals surface area contributed by atoms with Gasteiger partial charge in [0.25, 0.3) is 0 Å². The lowest BCUT2D eigenvalue weighted by atomic mass is 10.00. The molecule has 0 amide bonds. The first kappa shape index (κ1) is 33.0. The van der Waals surface area contributed by atoms with Crippen LogP contribution in [0.3, 0.4) is 0 Å². The molecule has 3 aromatic heterocycles. The topological polar surface area (TPSA) is 9.86 Å². The van der Waals surface area contributed by atoms with Crippen molar-refractivity contribution in [2.75, 3.05) is 0 Å². The molecule has 9 aromatic carbocycles. The van der Waals surface area contributed by atoms with Crippen LogP contribution in [0.5, 0.6) is 0 Å². The summed E-state index contributed by atoms with van der Waals surface area (Å²) in [6, 6.07) is 73.6. The van der Waals surface area contributed by atoms with Crippen LogP contribution in [-0.2, 0) is 0 Å². The number of thiophene rings is 1. The van der Waals surface area contributed by atoms with Gasteiger partial charge in [0.05, 0.1) is 22.1 Å². The van der Waals surface area contributed by atoms with E-state index in [1.165, 1.54) is 103 Å². The molecular formula is C55H36N2S. The molecular weight excluding hydrogens is 721 g/mol. The first-order valence-electron chi connectivity index (χ1n) is 19.9. The van der Waals surface area contributed by atoms with Gasteiger partial charge >= 0.3 is 0 Å². The van der Waals surface area contributed by atoms with Crippen molar-refractivity contribution < 1.29 is 0 Å². The van der Waals surface area contributed by atoms with Gasteiger partial charge in [-0.1, -0.05) is 157 Å². The molecule has 3 heteroatoms. The summed E-state index contributed by atoms with van der Waals surface area (Å²) in [5, 5.41) is 7.70. The molecule has 0 saturated heterocycles. The number of aromatic nitrogens is 2. The summed E-state index contributed by atoms with van der Waals surface area (Å²) in [6.45, 7) is 2.15. The molecule has 0 saturated carbocycles. The van der Waals surface area contributed by atoms with Crippen molar-refractivity contribution in [2.45, 2.75) is 6.92 Å². The summed E-state index contributed by atoms with van der Waals surface area (Å²) in [6.07, 6.45) is 0. The van der Waals surface area contributed by atoms with Gasteiger partial charge in [0, 0.05) is 53.1 Å².